The Kier molecular flexibility index (Phi) is 8.35. The molecule has 0 radical (unpaired) electrons. The number of carbonyl (C=O) groups excluding carboxylic acids is 1. The molecule has 1 heterocycles. The van der Waals surface area contributed by atoms with Gasteiger partial charge in [-0.1, -0.05) is 110 Å². The van der Waals surface area contributed by atoms with Gasteiger partial charge >= 0.3 is 0 Å². The Bertz CT molecular complexity index is 1530. The first-order chi connectivity index (χ1) is 18.7. The van der Waals surface area contributed by atoms with Crippen LogP contribution >= 0.6 is 0 Å². The van der Waals surface area contributed by atoms with Gasteiger partial charge in [-0.05, 0) is 59.4 Å². The maximum Gasteiger partial charge on any atom is 0.254 e. The zero-order valence-corrected chi connectivity index (χ0v) is 22.2. The van der Waals surface area contributed by atoms with Crippen molar-refractivity contribution < 1.29 is 4.79 Å². The molecular weight excluding hydrogens is 464 g/mol. The first-order valence-electron chi connectivity index (χ1n) is 13.8. The Balaban J connectivity index is 1.45. The SMILES string of the molecule is CCCCCC(=Cc1ccccc1)CN(CCc1c[nH]c2ccccc12)C(=O)c1ccc2ccccc2c1. The van der Waals surface area contributed by atoms with Gasteiger partial charge in [0.25, 0.3) is 5.91 Å². The zero-order chi connectivity index (χ0) is 26.2. The Hall–Kier alpha value is -4.11. The van der Waals surface area contributed by atoms with Gasteiger partial charge in [-0.2, -0.15) is 0 Å². The monoisotopic (exact) mass is 500 g/mol. The predicted octanol–water partition coefficient (Wildman–Crippen LogP) is 8.67. The van der Waals surface area contributed by atoms with Crippen molar-refractivity contribution >= 4 is 33.7 Å². The minimum Gasteiger partial charge on any atom is -0.361 e. The molecule has 1 N–H and O–H groups in total. The number of carbonyl (C=O) groups is 1. The van der Waals surface area contributed by atoms with Gasteiger partial charge in [0.1, 0.15) is 0 Å². The smallest absolute Gasteiger partial charge is 0.254 e. The molecule has 3 heteroatoms. The van der Waals surface area contributed by atoms with Gasteiger partial charge in [0.2, 0.25) is 0 Å². The highest BCUT2D eigenvalue weighted by Crippen LogP contribution is 2.22. The normalized spacial score (nSPS) is 11.8. The van der Waals surface area contributed by atoms with Crippen LogP contribution in [0.2, 0.25) is 0 Å². The number of amides is 1. The summed E-state index contributed by atoms with van der Waals surface area (Å²) in [6, 6.07) is 33.2. The second kappa shape index (κ2) is 12.4. The molecule has 0 atom stereocenters. The summed E-state index contributed by atoms with van der Waals surface area (Å²) >= 11 is 0. The second-order valence-corrected chi connectivity index (χ2v) is 10.1. The standard InChI is InChI=1S/C35H36N2O/c1-2-3-5-14-28(23-27-12-6-4-7-13-27)26-37(22-21-32-25-36-34-18-11-10-17-33(32)34)35(38)31-20-19-29-15-8-9-16-30(29)24-31/h4,6-13,15-20,23-25,36H,2-3,5,14,21-22,26H2,1H3. The van der Waals surface area contributed by atoms with Crippen LogP contribution in [-0.2, 0) is 6.42 Å². The molecule has 38 heavy (non-hydrogen) atoms. The van der Waals surface area contributed by atoms with Gasteiger partial charge in [0, 0.05) is 35.8 Å². The second-order valence-electron chi connectivity index (χ2n) is 10.1. The number of fused-ring (bicyclic) bond motifs is 2. The molecule has 1 amide bonds. The van der Waals surface area contributed by atoms with Gasteiger partial charge < -0.3 is 9.88 Å². The maximum absolute atomic E-state index is 14.0. The molecule has 192 valence electrons. The Labute approximate surface area is 225 Å². The van der Waals surface area contributed by atoms with Gasteiger partial charge in [-0.25, -0.2) is 0 Å². The molecular formula is C35H36N2O. The summed E-state index contributed by atoms with van der Waals surface area (Å²) in [5.74, 6) is 0.0880. The topological polar surface area (TPSA) is 36.1 Å². The van der Waals surface area contributed by atoms with E-state index in [1.165, 1.54) is 34.9 Å². The minimum atomic E-state index is 0.0880. The molecule has 1 aromatic heterocycles. The van der Waals surface area contributed by atoms with Crippen LogP contribution in [0.3, 0.4) is 0 Å². The lowest BCUT2D eigenvalue weighted by molar-refractivity contribution is 0.0771. The van der Waals surface area contributed by atoms with Gasteiger partial charge in [-0.3, -0.25) is 4.79 Å². The fourth-order valence-corrected chi connectivity index (χ4v) is 5.18. The highest BCUT2D eigenvalue weighted by Gasteiger charge is 2.19. The third-order valence-corrected chi connectivity index (χ3v) is 7.28. The van der Waals surface area contributed by atoms with Crippen molar-refractivity contribution in [2.45, 2.75) is 39.0 Å². The van der Waals surface area contributed by atoms with Crippen molar-refractivity contribution in [3.63, 3.8) is 0 Å². The molecule has 0 bridgehead atoms. The summed E-state index contributed by atoms with van der Waals surface area (Å²) in [5, 5.41) is 3.48. The van der Waals surface area contributed by atoms with Crippen molar-refractivity contribution in [3.05, 3.63) is 126 Å². The number of nitrogens with one attached hydrogen (secondary N) is 1. The fourth-order valence-electron chi connectivity index (χ4n) is 5.18. The van der Waals surface area contributed by atoms with Crippen molar-refractivity contribution in [1.82, 2.24) is 9.88 Å². The highest BCUT2D eigenvalue weighted by atomic mass is 16.2. The number of H-pyrrole nitrogens is 1. The Morgan fingerprint density at radius 2 is 1.61 bits per heavy atom. The summed E-state index contributed by atoms with van der Waals surface area (Å²) in [7, 11) is 0. The first-order valence-corrected chi connectivity index (χ1v) is 13.8. The lowest BCUT2D eigenvalue weighted by Gasteiger charge is -2.25. The molecule has 0 fully saturated rings. The first kappa shape index (κ1) is 25.5. The molecule has 5 aromatic rings. The van der Waals surface area contributed by atoms with Gasteiger partial charge in [0.15, 0.2) is 0 Å². The molecule has 0 aliphatic carbocycles. The predicted molar refractivity (Wildman–Crippen MR) is 160 cm³/mol. The van der Waals surface area contributed by atoms with E-state index in [2.05, 4.69) is 90.9 Å². The average molecular weight is 501 g/mol. The van der Waals surface area contributed by atoms with Crippen LogP contribution in [0.5, 0.6) is 0 Å². The molecule has 0 unspecified atom stereocenters. The molecule has 0 saturated heterocycles. The van der Waals surface area contributed by atoms with E-state index in [0.29, 0.717) is 13.1 Å². The van der Waals surface area contributed by atoms with E-state index in [1.54, 1.807) is 0 Å². The number of benzene rings is 4. The molecule has 4 aromatic carbocycles. The van der Waals surface area contributed by atoms with E-state index in [-0.39, 0.29) is 5.91 Å². The molecule has 0 aliphatic heterocycles. The molecule has 0 spiro atoms. The van der Waals surface area contributed by atoms with Crippen molar-refractivity contribution in [2.75, 3.05) is 13.1 Å². The van der Waals surface area contributed by atoms with Crippen LogP contribution in [0.25, 0.3) is 27.8 Å². The number of hydrogen-bond acceptors (Lipinski definition) is 1. The minimum absolute atomic E-state index is 0.0880. The summed E-state index contributed by atoms with van der Waals surface area (Å²) in [4.78, 5) is 19.5. The number of aromatic amines is 1. The van der Waals surface area contributed by atoms with Crippen LogP contribution < -0.4 is 0 Å². The van der Waals surface area contributed by atoms with E-state index >= 15 is 0 Å². The number of rotatable bonds is 11. The molecule has 0 aliphatic rings. The van der Waals surface area contributed by atoms with Crippen molar-refractivity contribution in [3.8, 4) is 0 Å². The summed E-state index contributed by atoms with van der Waals surface area (Å²) in [6.07, 6.45) is 9.68. The Morgan fingerprint density at radius 1 is 0.842 bits per heavy atom. The quantitative estimate of drug-likeness (QED) is 0.181. The van der Waals surface area contributed by atoms with Gasteiger partial charge in [0.05, 0.1) is 0 Å². The largest absolute Gasteiger partial charge is 0.361 e. The van der Waals surface area contributed by atoms with Crippen LogP contribution in [0.15, 0.2) is 109 Å². The third kappa shape index (κ3) is 6.23. The van der Waals surface area contributed by atoms with Crippen molar-refractivity contribution in [2.24, 2.45) is 0 Å². The van der Waals surface area contributed by atoms with Gasteiger partial charge in [-0.15, -0.1) is 0 Å². The zero-order valence-electron chi connectivity index (χ0n) is 22.2. The van der Waals surface area contributed by atoms with E-state index < -0.39 is 0 Å². The Morgan fingerprint density at radius 3 is 2.45 bits per heavy atom. The van der Waals surface area contributed by atoms with E-state index in [9.17, 15) is 4.79 Å². The molecule has 5 rings (SSSR count). The lowest BCUT2D eigenvalue weighted by Crippen LogP contribution is -2.34. The maximum atomic E-state index is 14.0. The molecule has 0 saturated carbocycles. The van der Waals surface area contributed by atoms with E-state index in [1.807, 2.05) is 35.2 Å². The van der Waals surface area contributed by atoms with Crippen LogP contribution in [0.1, 0.15) is 54.1 Å². The number of hydrogen-bond donors (Lipinski definition) is 1. The summed E-state index contributed by atoms with van der Waals surface area (Å²) < 4.78 is 0. The van der Waals surface area contributed by atoms with Crippen LogP contribution in [0, 0.1) is 0 Å². The summed E-state index contributed by atoms with van der Waals surface area (Å²) in [6.45, 7) is 3.53. The number of unbranched alkanes of at least 4 members (excludes halogenated alkanes) is 2. The third-order valence-electron chi connectivity index (χ3n) is 7.28. The molecule has 3 nitrogen and oxygen atoms in total. The van der Waals surface area contributed by atoms with Crippen LogP contribution in [0.4, 0.5) is 0 Å². The van der Waals surface area contributed by atoms with E-state index in [0.717, 1.165) is 41.1 Å². The summed E-state index contributed by atoms with van der Waals surface area (Å²) in [5.41, 5.74) is 5.62. The lowest BCUT2D eigenvalue weighted by atomic mass is 10.0. The number of aromatic nitrogens is 1. The average Bonchev–Trinajstić information content (AvgIpc) is 3.38. The number of para-hydroxylation sites is 1. The van der Waals surface area contributed by atoms with Crippen molar-refractivity contribution in [1.29, 1.82) is 0 Å². The van der Waals surface area contributed by atoms with Crippen LogP contribution in [-0.4, -0.2) is 28.9 Å². The highest BCUT2D eigenvalue weighted by molar-refractivity contribution is 5.98. The fraction of sp³-hybridized carbons (Fsp3) is 0.229. The van der Waals surface area contributed by atoms with E-state index in [4.69, 9.17) is 0 Å². The number of nitrogens with zero attached hydrogens (tertiary/aromatic N) is 1.